The highest BCUT2D eigenvalue weighted by Crippen LogP contribution is 2.32. The second-order valence-electron chi connectivity index (χ2n) is 4.36. The molecule has 1 heterocycles. The maximum absolute atomic E-state index is 4.50. The third-order valence-corrected chi connectivity index (χ3v) is 3.83. The SMILES string of the molecule is C=CCSC1=NC=C[C@H](CC(=C)C)[C@H]1CC=C. The third-order valence-electron chi connectivity index (χ3n) is 2.72. The third kappa shape index (κ3) is 4.39. The molecule has 0 spiro atoms. The van der Waals surface area contributed by atoms with Crippen molar-refractivity contribution in [3.63, 3.8) is 0 Å². The molecule has 0 saturated heterocycles. The summed E-state index contributed by atoms with van der Waals surface area (Å²) in [5.41, 5.74) is 1.23. The van der Waals surface area contributed by atoms with Crippen molar-refractivity contribution < 1.29 is 0 Å². The minimum atomic E-state index is 0.458. The molecule has 0 fully saturated rings. The summed E-state index contributed by atoms with van der Waals surface area (Å²) < 4.78 is 0. The van der Waals surface area contributed by atoms with Crippen LogP contribution in [0.1, 0.15) is 19.8 Å². The topological polar surface area (TPSA) is 12.4 Å². The normalized spacial score (nSPS) is 23.0. The van der Waals surface area contributed by atoms with Crippen LogP contribution in [0.5, 0.6) is 0 Å². The van der Waals surface area contributed by atoms with Crippen molar-refractivity contribution in [3.05, 3.63) is 49.7 Å². The predicted molar refractivity (Wildman–Crippen MR) is 80.5 cm³/mol. The average Bonchev–Trinajstić information content (AvgIpc) is 2.29. The Bertz CT molecular complexity index is 352. The van der Waals surface area contributed by atoms with Crippen molar-refractivity contribution in [1.29, 1.82) is 0 Å². The number of nitrogens with zero attached hydrogens (tertiary/aromatic N) is 1. The van der Waals surface area contributed by atoms with Crippen molar-refractivity contribution >= 4 is 16.8 Å². The highest BCUT2D eigenvalue weighted by atomic mass is 32.2. The lowest BCUT2D eigenvalue weighted by Crippen LogP contribution is -2.23. The van der Waals surface area contributed by atoms with E-state index in [1.807, 2.05) is 18.4 Å². The summed E-state index contributed by atoms with van der Waals surface area (Å²) in [6, 6.07) is 0. The Hall–Kier alpha value is -1.02. The molecule has 0 amide bonds. The zero-order valence-electron chi connectivity index (χ0n) is 10.6. The Kier molecular flexibility index (Phi) is 6.06. The Balaban J connectivity index is 2.77. The maximum Gasteiger partial charge on any atom is 0.0774 e. The first kappa shape index (κ1) is 14.0. The number of hydrogen-bond acceptors (Lipinski definition) is 2. The van der Waals surface area contributed by atoms with Crippen LogP contribution in [0.2, 0.25) is 0 Å². The van der Waals surface area contributed by atoms with Gasteiger partial charge in [-0.15, -0.1) is 31.5 Å². The number of rotatable bonds is 6. The van der Waals surface area contributed by atoms with Gasteiger partial charge in [0, 0.05) is 17.9 Å². The minimum absolute atomic E-state index is 0.458. The quantitative estimate of drug-likeness (QED) is 0.624. The van der Waals surface area contributed by atoms with Gasteiger partial charge in [0.05, 0.1) is 5.04 Å². The summed E-state index contributed by atoms with van der Waals surface area (Å²) in [6.45, 7) is 13.7. The lowest BCUT2D eigenvalue weighted by molar-refractivity contribution is 0.501. The van der Waals surface area contributed by atoms with Crippen LogP contribution in [0.15, 0.2) is 54.7 Å². The van der Waals surface area contributed by atoms with E-state index in [2.05, 4.69) is 37.7 Å². The molecule has 1 rings (SSSR count). The molecule has 1 aliphatic rings. The molecule has 0 aromatic heterocycles. The van der Waals surface area contributed by atoms with Crippen molar-refractivity contribution in [2.24, 2.45) is 16.8 Å². The molecule has 1 nitrogen and oxygen atoms in total. The molecule has 17 heavy (non-hydrogen) atoms. The Morgan fingerprint density at radius 3 is 2.82 bits per heavy atom. The van der Waals surface area contributed by atoms with E-state index in [1.54, 1.807) is 11.8 Å². The van der Waals surface area contributed by atoms with Gasteiger partial charge in [0.1, 0.15) is 0 Å². The molecule has 0 bridgehead atoms. The molecule has 0 aromatic rings. The second-order valence-corrected chi connectivity index (χ2v) is 5.40. The van der Waals surface area contributed by atoms with Crippen molar-refractivity contribution in [2.45, 2.75) is 19.8 Å². The Labute approximate surface area is 109 Å². The molecule has 0 radical (unpaired) electrons. The number of aliphatic imine (C=N–C) groups is 1. The average molecular weight is 247 g/mol. The number of hydrogen-bond donors (Lipinski definition) is 0. The molecule has 0 saturated carbocycles. The molecule has 0 unspecified atom stereocenters. The van der Waals surface area contributed by atoms with Crippen LogP contribution >= 0.6 is 11.8 Å². The first-order chi connectivity index (χ1) is 8.19. The lowest BCUT2D eigenvalue weighted by Gasteiger charge is -2.27. The highest BCUT2D eigenvalue weighted by molar-refractivity contribution is 8.14. The highest BCUT2D eigenvalue weighted by Gasteiger charge is 2.25. The summed E-state index contributed by atoms with van der Waals surface area (Å²) in [5.74, 6) is 1.88. The van der Waals surface area contributed by atoms with Gasteiger partial charge < -0.3 is 0 Å². The van der Waals surface area contributed by atoms with Crippen molar-refractivity contribution in [2.75, 3.05) is 5.75 Å². The van der Waals surface area contributed by atoms with Gasteiger partial charge in [-0.3, -0.25) is 4.99 Å². The number of thioether (sulfide) groups is 1. The van der Waals surface area contributed by atoms with Crippen LogP contribution in [0, 0.1) is 11.8 Å². The largest absolute Gasteiger partial charge is 0.254 e. The van der Waals surface area contributed by atoms with Crippen LogP contribution in [0.25, 0.3) is 0 Å². The van der Waals surface area contributed by atoms with Gasteiger partial charge in [0.2, 0.25) is 0 Å². The standard InChI is InChI=1S/C15H21NS/c1-5-7-14-13(11-12(3)4)8-9-16-15(14)17-10-6-2/h5-6,8-9,13-14H,1-3,7,10-11H2,4H3/t13-,14-/m1/s1. The molecule has 2 atom stereocenters. The first-order valence-corrected chi connectivity index (χ1v) is 6.91. The van der Waals surface area contributed by atoms with Gasteiger partial charge in [-0.2, -0.15) is 0 Å². The van der Waals surface area contributed by atoms with Gasteiger partial charge in [0.25, 0.3) is 0 Å². The minimum Gasteiger partial charge on any atom is -0.254 e. The van der Waals surface area contributed by atoms with E-state index in [0.29, 0.717) is 11.8 Å². The van der Waals surface area contributed by atoms with E-state index >= 15 is 0 Å². The van der Waals surface area contributed by atoms with Crippen molar-refractivity contribution in [1.82, 2.24) is 0 Å². The van der Waals surface area contributed by atoms with Crippen LogP contribution < -0.4 is 0 Å². The molecule has 0 aliphatic carbocycles. The van der Waals surface area contributed by atoms with E-state index < -0.39 is 0 Å². The molecule has 2 heteroatoms. The van der Waals surface area contributed by atoms with Crippen LogP contribution in [0.3, 0.4) is 0 Å². The molecule has 0 N–H and O–H groups in total. The summed E-state index contributed by atoms with van der Waals surface area (Å²) in [4.78, 5) is 4.50. The predicted octanol–water partition coefficient (Wildman–Crippen LogP) is 4.61. The Morgan fingerprint density at radius 2 is 2.24 bits per heavy atom. The van der Waals surface area contributed by atoms with E-state index in [-0.39, 0.29) is 0 Å². The zero-order chi connectivity index (χ0) is 12.7. The Morgan fingerprint density at radius 1 is 1.47 bits per heavy atom. The van der Waals surface area contributed by atoms with Crippen LogP contribution in [-0.2, 0) is 0 Å². The van der Waals surface area contributed by atoms with Crippen LogP contribution in [-0.4, -0.2) is 10.8 Å². The van der Waals surface area contributed by atoms with Gasteiger partial charge in [-0.05, 0) is 25.7 Å². The monoisotopic (exact) mass is 247 g/mol. The fourth-order valence-corrected chi connectivity index (χ4v) is 2.91. The smallest absolute Gasteiger partial charge is 0.0774 e. The fraction of sp³-hybridized carbons (Fsp3) is 0.400. The maximum atomic E-state index is 4.50. The lowest BCUT2D eigenvalue weighted by atomic mass is 9.84. The molecule has 92 valence electrons. The van der Waals surface area contributed by atoms with Gasteiger partial charge in [-0.25, -0.2) is 0 Å². The van der Waals surface area contributed by atoms with Crippen molar-refractivity contribution in [3.8, 4) is 0 Å². The van der Waals surface area contributed by atoms with E-state index in [0.717, 1.165) is 18.6 Å². The van der Waals surface area contributed by atoms with E-state index in [9.17, 15) is 0 Å². The molecule has 1 aliphatic heterocycles. The molecular formula is C15H21NS. The summed E-state index contributed by atoms with van der Waals surface area (Å²) >= 11 is 1.78. The zero-order valence-corrected chi connectivity index (χ0v) is 11.4. The van der Waals surface area contributed by atoms with Gasteiger partial charge in [0.15, 0.2) is 0 Å². The molecule has 0 aromatic carbocycles. The van der Waals surface area contributed by atoms with E-state index in [1.165, 1.54) is 10.6 Å². The first-order valence-electron chi connectivity index (χ1n) is 5.92. The number of allylic oxidation sites excluding steroid dienone is 3. The second kappa shape index (κ2) is 7.33. The fourth-order valence-electron chi connectivity index (χ4n) is 2.00. The van der Waals surface area contributed by atoms with E-state index in [4.69, 9.17) is 0 Å². The summed E-state index contributed by atoms with van der Waals surface area (Å²) in [6.07, 6.45) is 10.0. The summed E-state index contributed by atoms with van der Waals surface area (Å²) in [5, 5.41) is 1.21. The van der Waals surface area contributed by atoms with Gasteiger partial charge in [-0.1, -0.05) is 23.8 Å². The van der Waals surface area contributed by atoms with Crippen LogP contribution in [0.4, 0.5) is 0 Å². The molecular weight excluding hydrogens is 226 g/mol. The summed E-state index contributed by atoms with van der Waals surface area (Å²) in [7, 11) is 0. The van der Waals surface area contributed by atoms with Gasteiger partial charge >= 0.3 is 0 Å².